The molecule has 0 heterocycles. The number of hydrogen-bond donors (Lipinski definition) is 2. The van der Waals surface area contributed by atoms with Crippen molar-refractivity contribution in [3.8, 4) is 0 Å². The predicted octanol–water partition coefficient (Wildman–Crippen LogP) is 3.80. The molecule has 0 unspecified atom stereocenters. The van der Waals surface area contributed by atoms with Crippen molar-refractivity contribution in [1.82, 2.24) is 5.43 Å². The highest BCUT2D eigenvalue weighted by Gasteiger charge is 2.30. The van der Waals surface area contributed by atoms with Crippen molar-refractivity contribution in [3.05, 3.63) is 29.8 Å². The van der Waals surface area contributed by atoms with Crippen LogP contribution in [-0.4, -0.2) is 18.2 Å². The number of carbonyl (C=O) groups excluding carboxylic acids is 1. The third kappa shape index (κ3) is 5.26. The molecule has 1 aliphatic rings. The van der Waals surface area contributed by atoms with E-state index in [0.717, 1.165) is 37.1 Å². The van der Waals surface area contributed by atoms with Crippen LogP contribution in [0.5, 0.6) is 0 Å². The molecule has 0 spiro atoms. The Kier molecular flexibility index (Phi) is 5.63. The van der Waals surface area contributed by atoms with Crippen molar-refractivity contribution < 1.29 is 18.0 Å². The summed E-state index contributed by atoms with van der Waals surface area (Å²) in [5.41, 5.74) is 2.93. The number of benzene rings is 1. The molecule has 0 saturated heterocycles. The molecule has 126 valence electrons. The smallest absolute Gasteiger partial charge is 0.376 e. The fourth-order valence-corrected chi connectivity index (χ4v) is 2.50. The second-order valence-electron chi connectivity index (χ2n) is 5.72. The van der Waals surface area contributed by atoms with E-state index in [1.807, 2.05) is 0 Å². The van der Waals surface area contributed by atoms with Gasteiger partial charge in [-0.05, 0) is 43.4 Å². The maximum Gasteiger partial charge on any atom is 0.416 e. The summed E-state index contributed by atoms with van der Waals surface area (Å²) in [6.45, 7) is 1.94. The topological polar surface area (TPSA) is 53.5 Å². The van der Waals surface area contributed by atoms with Gasteiger partial charge in [0.15, 0.2) is 0 Å². The first-order valence-electron chi connectivity index (χ1n) is 7.62. The lowest BCUT2D eigenvalue weighted by atomic mass is 9.89. The predicted molar refractivity (Wildman–Crippen MR) is 83.1 cm³/mol. The van der Waals surface area contributed by atoms with Gasteiger partial charge >= 0.3 is 6.18 Å². The van der Waals surface area contributed by atoms with Crippen LogP contribution in [0.4, 0.5) is 18.9 Å². The van der Waals surface area contributed by atoms with Crippen LogP contribution in [0.1, 0.15) is 38.2 Å². The van der Waals surface area contributed by atoms with Gasteiger partial charge in [0.05, 0.1) is 12.1 Å². The van der Waals surface area contributed by atoms with E-state index in [9.17, 15) is 18.0 Å². The van der Waals surface area contributed by atoms with Crippen LogP contribution in [0, 0.1) is 5.92 Å². The van der Waals surface area contributed by atoms with E-state index < -0.39 is 11.7 Å². The number of hydrazone groups is 1. The standard InChI is InChI=1S/C16H20F3N3O/c1-11-5-2-3-8-14(11)21-22-15(23)10-20-13-7-4-6-12(9-13)16(17,18)19/h4,6-7,9,11,20H,2-3,5,8,10H2,1H3,(H,22,23)/b21-14-/t11-/m1/s1. The number of alkyl halides is 3. The summed E-state index contributed by atoms with van der Waals surface area (Å²) < 4.78 is 37.8. The summed E-state index contributed by atoms with van der Waals surface area (Å²) in [5.74, 6) is -0.0202. The Balaban J connectivity index is 1.86. The van der Waals surface area contributed by atoms with Gasteiger partial charge in [0.2, 0.25) is 0 Å². The molecular weight excluding hydrogens is 307 g/mol. The molecule has 4 nitrogen and oxygen atoms in total. The minimum absolute atomic E-state index is 0.132. The zero-order chi connectivity index (χ0) is 16.9. The van der Waals surface area contributed by atoms with Gasteiger partial charge in [0.25, 0.3) is 5.91 Å². The first kappa shape index (κ1) is 17.3. The molecule has 1 amide bonds. The van der Waals surface area contributed by atoms with E-state index >= 15 is 0 Å². The Bertz CT molecular complexity index is 584. The summed E-state index contributed by atoms with van der Waals surface area (Å²) in [6, 6.07) is 4.74. The van der Waals surface area contributed by atoms with Crippen molar-refractivity contribution in [1.29, 1.82) is 0 Å². The van der Waals surface area contributed by atoms with Gasteiger partial charge in [-0.25, -0.2) is 5.43 Å². The number of rotatable bonds is 4. The highest BCUT2D eigenvalue weighted by atomic mass is 19.4. The number of nitrogens with one attached hydrogen (secondary N) is 2. The van der Waals surface area contributed by atoms with E-state index in [1.165, 1.54) is 18.6 Å². The summed E-state index contributed by atoms with van der Waals surface area (Å²) in [6.07, 6.45) is -0.213. The van der Waals surface area contributed by atoms with Crippen molar-refractivity contribution in [2.75, 3.05) is 11.9 Å². The molecule has 2 N–H and O–H groups in total. The number of halogens is 3. The maximum absolute atomic E-state index is 12.6. The van der Waals surface area contributed by atoms with Crippen molar-refractivity contribution >= 4 is 17.3 Å². The molecule has 1 aromatic carbocycles. The Hall–Kier alpha value is -2.05. The summed E-state index contributed by atoms with van der Waals surface area (Å²) in [5, 5.41) is 6.80. The third-order valence-corrected chi connectivity index (χ3v) is 3.86. The average Bonchev–Trinajstić information content (AvgIpc) is 2.51. The van der Waals surface area contributed by atoms with Crippen molar-refractivity contribution in [3.63, 3.8) is 0 Å². The fourth-order valence-electron chi connectivity index (χ4n) is 2.50. The van der Waals surface area contributed by atoms with Crippen molar-refractivity contribution in [2.24, 2.45) is 11.0 Å². The average molecular weight is 327 g/mol. The zero-order valence-corrected chi connectivity index (χ0v) is 12.9. The van der Waals surface area contributed by atoms with Crippen molar-refractivity contribution in [2.45, 2.75) is 38.8 Å². The number of hydrogen-bond acceptors (Lipinski definition) is 3. The van der Waals surface area contributed by atoms with Crippen LogP contribution in [0.2, 0.25) is 0 Å². The lowest BCUT2D eigenvalue weighted by molar-refractivity contribution is -0.137. The molecule has 1 aromatic rings. The van der Waals surface area contributed by atoms with Gasteiger partial charge in [-0.3, -0.25) is 4.79 Å². The van der Waals surface area contributed by atoms with E-state index in [0.29, 0.717) is 5.92 Å². The molecule has 0 bridgehead atoms. The first-order chi connectivity index (χ1) is 10.9. The molecule has 0 aliphatic heterocycles. The molecule has 7 heteroatoms. The summed E-state index contributed by atoms with van der Waals surface area (Å²) >= 11 is 0. The molecular formula is C16H20F3N3O. The highest BCUT2D eigenvalue weighted by molar-refractivity contribution is 5.89. The number of carbonyl (C=O) groups is 1. The molecule has 1 aliphatic carbocycles. The second-order valence-corrected chi connectivity index (χ2v) is 5.72. The van der Waals surface area contributed by atoms with E-state index in [1.54, 1.807) is 0 Å². The molecule has 1 saturated carbocycles. The third-order valence-electron chi connectivity index (χ3n) is 3.86. The van der Waals surface area contributed by atoms with E-state index in [2.05, 4.69) is 22.8 Å². The lowest BCUT2D eigenvalue weighted by Crippen LogP contribution is -2.29. The Morgan fingerprint density at radius 3 is 2.83 bits per heavy atom. The first-order valence-corrected chi connectivity index (χ1v) is 7.62. The van der Waals surface area contributed by atoms with E-state index in [4.69, 9.17) is 0 Å². The Labute approximate surface area is 133 Å². The zero-order valence-electron chi connectivity index (χ0n) is 12.9. The minimum atomic E-state index is -4.40. The molecule has 0 radical (unpaired) electrons. The normalized spacial score (nSPS) is 20.3. The van der Waals surface area contributed by atoms with Crippen LogP contribution < -0.4 is 10.7 Å². The van der Waals surface area contributed by atoms with Crippen LogP contribution in [0.15, 0.2) is 29.4 Å². The van der Waals surface area contributed by atoms with Crippen LogP contribution >= 0.6 is 0 Å². The summed E-state index contributed by atoms with van der Waals surface area (Å²) in [4.78, 5) is 11.7. The van der Waals surface area contributed by atoms with Gasteiger partial charge in [-0.1, -0.05) is 19.4 Å². The number of anilines is 1. The quantitative estimate of drug-likeness (QED) is 0.827. The van der Waals surface area contributed by atoms with Crippen LogP contribution in [0.3, 0.4) is 0 Å². The number of amides is 1. The van der Waals surface area contributed by atoms with Gasteiger partial charge in [0.1, 0.15) is 0 Å². The van der Waals surface area contributed by atoms with Crippen LogP contribution in [0.25, 0.3) is 0 Å². The minimum Gasteiger partial charge on any atom is -0.376 e. The molecule has 2 rings (SSSR count). The highest BCUT2D eigenvalue weighted by Crippen LogP contribution is 2.30. The fraction of sp³-hybridized carbons (Fsp3) is 0.500. The monoisotopic (exact) mass is 327 g/mol. The molecule has 0 aromatic heterocycles. The summed E-state index contributed by atoms with van der Waals surface area (Å²) in [7, 11) is 0. The Morgan fingerprint density at radius 2 is 2.13 bits per heavy atom. The van der Waals surface area contributed by atoms with Gasteiger partial charge in [-0.2, -0.15) is 18.3 Å². The Morgan fingerprint density at radius 1 is 1.35 bits per heavy atom. The maximum atomic E-state index is 12.6. The molecule has 1 fully saturated rings. The van der Waals surface area contributed by atoms with Crippen LogP contribution in [-0.2, 0) is 11.0 Å². The molecule has 1 atom stereocenters. The van der Waals surface area contributed by atoms with Gasteiger partial charge < -0.3 is 5.32 Å². The largest absolute Gasteiger partial charge is 0.416 e. The van der Waals surface area contributed by atoms with Gasteiger partial charge in [-0.15, -0.1) is 0 Å². The lowest BCUT2D eigenvalue weighted by Gasteiger charge is -2.19. The van der Waals surface area contributed by atoms with Gasteiger partial charge in [0, 0.05) is 11.4 Å². The van der Waals surface area contributed by atoms with E-state index in [-0.39, 0.29) is 18.1 Å². The SMILES string of the molecule is C[C@@H]1CCCC/C1=N/NC(=O)CNc1cccc(C(F)(F)F)c1. The number of nitrogens with zero attached hydrogens (tertiary/aromatic N) is 1. The molecule has 23 heavy (non-hydrogen) atoms. The second kappa shape index (κ2) is 7.48.